The van der Waals surface area contributed by atoms with Crippen LogP contribution in [-0.4, -0.2) is 47.3 Å². The second-order valence-corrected chi connectivity index (χ2v) is 12.0. The number of fused-ring (bicyclic) bond motifs is 1. The maximum absolute atomic E-state index is 13.2. The molecule has 3 rings (SSSR count). The van der Waals surface area contributed by atoms with E-state index in [2.05, 4.69) is 36.4 Å². The Bertz CT molecular complexity index is 929. The Morgan fingerprint density at radius 3 is 2.43 bits per heavy atom. The van der Waals surface area contributed by atoms with Gasteiger partial charge in [-0.15, -0.1) is 0 Å². The van der Waals surface area contributed by atoms with E-state index in [1.807, 2.05) is 18.7 Å². The minimum absolute atomic E-state index is 0.0250. The van der Waals surface area contributed by atoms with Gasteiger partial charge in [0.25, 0.3) is 0 Å². The van der Waals surface area contributed by atoms with Gasteiger partial charge in [0.2, 0.25) is 5.91 Å². The van der Waals surface area contributed by atoms with Crippen LogP contribution in [0.15, 0.2) is 18.2 Å². The lowest BCUT2D eigenvalue weighted by Gasteiger charge is -2.35. The fraction of sp³-hybridized carbons (Fsp3) is 0.720. The van der Waals surface area contributed by atoms with Crippen LogP contribution in [0.1, 0.15) is 66.0 Å². The molecule has 2 aliphatic rings. The Morgan fingerprint density at radius 1 is 1.14 bits per heavy atom. The van der Waals surface area contributed by atoms with Gasteiger partial charge in [0.1, 0.15) is 17.6 Å². The molecular weight excluding hydrogens is 461 g/mol. The third-order valence-electron chi connectivity index (χ3n) is 6.91. The summed E-state index contributed by atoms with van der Waals surface area (Å²) >= 11 is 0. The Labute approximate surface area is 204 Å². The molecule has 1 saturated carbocycles. The number of hydrogen-bond donors (Lipinski definition) is 3. The summed E-state index contributed by atoms with van der Waals surface area (Å²) in [5.41, 5.74) is -1.16. The third-order valence-corrected chi connectivity index (χ3v) is 6.91. The van der Waals surface area contributed by atoms with Crippen molar-refractivity contribution in [2.45, 2.75) is 78.6 Å². The molecule has 196 valence electrons. The zero-order valence-electron chi connectivity index (χ0n) is 21.1. The first-order valence-corrected chi connectivity index (χ1v) is 12.1. The van der Waals surface area contributed by atoms with Crippen molar-refractivity contribution in [1.82, 2.24) is 15.6 Å². The Hall–Kier alpha value is -2.52. The SMILES string of the molecule is CC(C)(C)CC(C)(C)C[C@H](NC(=O)O)C(=O)N[C@H]1CC[C@@H]2CN(c3cccc(C(F)(F)F)n3)C[C@@H]21. The molecule has 1 saturated heterocycles. The van der Waals surface area contributed by atoms with Crippen molar-refractivity contribution in [3.05, 3.63) is 23.9 Å². The van der Waals surface area contributed by atoms with Crippen LogP contribution in [0.3, 0.4) is 0 Å². The highest BCUT2D eigenvalue weighted by atomic mass is 19.4. The number of nitrogens with zero attached hydrogens (tertiary/aromatic N) is 2. The summed E-state index contributed by atoms with van der Waals surface area (Å²) in [7, 11) is 0. The highest BCUT2D eigenvalue weighted by Gasteiger charge is 2.45. The third kappa shape index (κ3) is 7.24. The van der Waals surface area contributed by atoms with Crippen LogP contribution in [0.25, 0.3) is 0 Å². The molecule has 2 heterocycles. The van der Waals surface area contributed by atoms with Crippen molar-refractivity contribution in [3.8, 4) is 0 Å². The summed E-state index contributed by atoms with van der Waals surface area (Å²) in [5.74, 6) is 0.243. The Kier molecular flexibility index (Phi) is 7.62. The molecule has 3 N–H and O–H groups in total. The topological polar surface area (TPSA) is 94.6 Å². The molecule has 1 aliphatic heterocycles. The molecule has 1 aromatic heterocycles. The summed E-state index contributed by atoms with van der Waals surface area (Å²) in [4.78, 5) is 30.3. The number of aromatic nitrogens is 1. The molecule has 0 unspecified atom stereocenters. The van der Waals surface area contributed by atoms with E-state index in [-0.39, 0.29) is 40.4 Å². The number of hydrogen-bond acceptors (Lipinski definition) is 4. The second-order valence-electron chi connectivity index (χ2n) is 12.0. The number of halogens is 3. The average molecular weight is 499 g/mol. The molecule has 10 heteroatoms. The van der Waals surface area contributed by atoms with Crippen LogP contribution >= 0.6 is 0 Å². The minimum atomic E-state index is -4.50. The van der Waals surface area contributed by atoms with Crippen molar-refractivity contribution < 1.29 is 27.9 Å². The standard InChI is InChI=1S/C25H37F3N4O3/c1-23(2,3)14-24(4,5)11-18(30-22(34)35)21(33)29-17-10-9-15-12-32(13-16(15)17)20-8-6-7-19(31-20)25(26,27)28/h6-8,15-18,30H,9-14H2,1-5H3,(H,29,33)(H,34,35)/t15-,16+,17+,18+/m1/s1. The number of anilines is 1. The van der Waals surface area contributed by atoms with Gasteiger partial charge in [-0.3, -0.25) is 4.79 Å². The van der Waals surface area contributed by atoms with Gasteiger partial charge in [-0.1, -0.05) is 40.7 Å². The fourth-order valence-corrected chi connectivity index (χ4v) is 6.09. The number of alkyl halides is 3. The van der Waals surface area contributed by atoms with Gasteiger partial charge >= 0.3 is 12.3 Å². The van der Waals surface area contributed by atoms with Crippen molar-refractivity contribution in [2.75, 3.05) is 18.0 Å². The van der Waals surface area contributed by atoms with Crippen molar-refractivity contribution in [3.63, 3.8) is 0 Å². The van der Waals surface area contributed by atoms with Gasteiger partial charge in [-0.05, 0) is 54.6 Å². The summed E-state index contributed by atoms with van der Waals surface area (Å²) in [5, 5.41) is 14.8. The lowest BCUT2D eigenvalue weighted by atomic mass is 9.73. The summed E-state index contributed by atoms with van der Waals surface area (Å²) in [6.07, 6.45) is -2.96. The van der Waals surface area contributed by atoms with E-state index in [1.54, 1.807) is 6.07 Å². The zero-order valence-corrected chi connectivity index (χ0v) is 21.1. The smallest absolute Gasteiger partial charge is 0.433 e. The van der Waals surface area contributed by atoms with Crippen LogP contribution in [0.2, 0.25) is 0 Å². The summed E-state index contributed by atoms with van der Waals surface area (Å²) in [6.45, 7) is 11.5. The first-order valence-electron chi connectivity index (χ1n) is 12.1. The fourth-order valence-electron chi connectivity index (χ4n) is 6.09. The molecule has 2 fully saturated rings. The maximum Gasteiger partial charge on any atom is 0.433 e. The lowest BCUT2D eigenvalue weighted by Crippen LogP contribution is -2.52. The number of rotatable bonds is 7. The van der Waals surface area contributed by atoms with Crippen molar-refractivity contribution in [1.29, 1.82) is 0 Å². The molecule has 0 aromatic carbocycles. The number of nitrogens with one attached hydrogen (secondary N) is 2. The van der Waals surface area contributed by atoms with Gasteiger partial charge in [0.15, 0.2) is 0 Å². The monoisotopic (exact) mass is 498 g/mol. The van der Waals surface area contributed by atoms with E-state index >= 15 is 0 Å². The van der Waals surface area contributed by atoms with E-state index in [4.69, 9.17) is 0 Å². The van der Waals surface area contributed by atoms with E-state index in [9.17, 15) is 27.9 Å². The number of carboxylic acid groups (broad SMARTS) is 1. The van der Waals surface area contributed by atoms with Gasteiger partial charge in [0.05, 0.1) is 0 Å². The van der Waals surface area contributed by atoms with E-state index < -0.39 is 24.0 Å². The molecule has 2 amide bonds. The molecule has 1 aromatic rings. The van der Waals surface area contributed by atoms with Gasteiger partial charge in [-0.2, -0.15) is 13.2 Å². The molecule has 1 aliphatic carbocycles. The van der Waals surface area contributed by atoms with Gasteiger partial charge in [-0.25, -0.2) is 9.78 Å². The Balaban J connectivity index is 1.67. The first-order chi connectivity index (χ1) is 16.0. The molecule has 0 spiro atoms. The van der Waals surface area contributed by atoms with Crippen LogP contribution in [-0.2, 0) is 11.0 Å². The second kappa shape index (κ2) is 9.85. The lowest BCUT2D eigenvalue weighted by molar-refractivity contribution is -0.141. The average Bonchev–Trinajstić information content (AvgIpc) is 3.26. The zero-order chi connectivity index (χ0) is 26.2. The quantitative estimate of drug-likeness (QED) is 0.496. The highest BCUT2D eigenvalue weighted by Crippen LogP contribution is 2.41. The normalized spacial score (nSPS) is 23.7. The predicted molar refractivity (Wildman–Crippen MR) is 127 cm³/mol. The molecule has 0 radical (unpaired) electrons. The van der Waals surface area contributed by atoms with Gasteiger partial charge < -0.3 is 20.6 Å². The minimum Gasteiger partial charge on any atom is -0.465 e. The predicted octanol–water partition coefficient (Wildman–Crippen LogP) is 4.92. The van der Waals surface area contributed by atoms with Crippen molar-refractivity contribution in [2.24, 2.45) is 22.7 Å². The molecule has 0 bridgehead atoms. The van der Waals surface area contributed by atoms with E-state index in [1.165, 1.54) is 6.07 Å². The van der Waals surface area contributed by atoms with Crippen LogP contribution in [0.4, 0.5) is 23.8 Å². The molecular formula is C25H37F3N4O3. The number of pyridine rings is 1. The molecule has 4 atom stereocenters. The van der Waals surface area contributed by atoms with Crippen LogP contribution in [0, 0.1) is 22.7 Å². The number of carbonyl (C=O) groups excluding carboxylic acids is 1. The van der Waals surface area contributed by atoms with E-state index in [0.29, 0.717) is 19.5 Å². The largest absolute Gasteiger partial charge is 0.465 e. The maximum atomic E-state index is 13.2. The first kappa shape index (κ1) is 27.1. The Morgan fingerprint density at radius 2 is 1.83 bits per heavy atom. The van der Waals surface area contributed by atoms with Crippen LogP contribution < -0.4 is 15.5 Å². The summed E-state index contributed by atoms with van der Waals surface area (Å²) in [6, 6.07) is 2.85. The molecule has 35 heavy (non-hydrogen) atoms. The summed E-state index contributed by atoms with van der Waals surface area (Å²) < 4.78 is 39.3. The van der Waals surface area contributed by atoms with Gasteiger partial charge in [0, 0.05) is 25.0 Å². The van der Waals surface area contributed by atoms with Crippen molar-refractivity contribution >= 4 is 17.8 Å². The van der Waals surface area contributed by atoms with E-state index in [0.717, 1.165) is 25.3 Å². The number of amides is 2. The number of carbonyl (C=O) groups is 2. The van der Waals surface area contributed by atoms with Crippen LogP contribution in [0.5, 0.6) is 0 Å². The molecule has 7 nitrogen and oxygen atoms in total. The highest BCUT2D eigenvalue weighted by molar-refractivity contribution is 5.85.